The minimum atomic E-state index is -0.199. The molecule has 2 aromatic rings. The zero-order valence-corrected chi connectivity index (χ0v) is 12.5. The van der Waals surface area contributed by atoms with Gasteiger partial charge in [0.25, 0.3) is 0 Å². The van der Waals surface area contributed by atoms with Crippen LogP contribution in [0.25, 0.3) is 0 Å². The average Bonchev–Trinajstić information content (AvgIpc) is 2.92. The fourth-order valence-corrected chi connectivity index (χ4v) is 2.91. The first-order valence-corrected chi connectivity index (χ1v) is 7.63. The summed E-state index contributed by atoms with van der Waals surface area (Å²) in [6.07, 6.45) is 2.43. The average molecular weight is 294 g/mol. The maximum Gasteiger partial charge on any atom is 0.138 e. The van der Waals surface area contributed by atoms with Gasteiger partial charge in [-0.25, -0.2) is 9.37 Å². The summed E-state index contributed by atoms with van der Waals surface area (Å²) < 4.78 is 14.8. The Labute approximate surface area is 122 Å². The first kappa shape index (κ1) is 15.0. The number of thioether (sulfide) groups is 1. The summed E-state index contributed by atoms with van der Waals surface area (Å²) in [6.45, 7) is 2.89. The molecule has 0 radical (unpaired) electrons. The lowest BCUT2D eigenvalue weighted by molar-refractivity contribution is 0.549. The third kappa shape index (κ3) is 4.05. The molecule has 2 rings (SSSR count). The minimum Gasteiger partial charge on any atom is -0.316 e. The van der Waals surface area contributed by atoms with Gasteiger partial charge in [-0.1, -0.05) is 0 Å². The van der Waals surface area contributed by atoms with E-state index in [9.17, 15) is 4.39 Å². The van der Waals surface area contributed by atoms with Gasteiger partial charge in [-0.3, -0.25) is 4.68 Å². The predicted molar refractivity (Wildman–Crippen MR) is 79.4 cm³/mol. The molecule has 108 valence electrons. The molecule has 0 spiro atoms. The van der Waals surface area contributed by atoms with Crippen LogP contribution in [-0.2, 0) is 13.0 Å². The second kappa shape index (κ2) is 7.40. The Hall–Kier alpha value is -1.40. The number of benzene rings is 1. The van der Waals surface area contributed by atoms with Crippen molar-refractivity contribution in [2.75, 3.05) is 12.8 Å². The van der Waals surface area contributed by atoms with E-state index in [0.717, 1.165) is 29.4 Å². The van der Waals surface area contributed by atoms with Crippen LogP contribution in [0.5, 0.6) is 0 Å². The van der Waals surface area contributed by atoms with E-state index >= 15 is 0 Å². The Balaban J connectivity index is 1.90. The van der Waals surface area contributed by atoms with Crippen molar-refractivity contribution < 1.29 is 4.39 Å². The molecule has 1 N–H and O–H groups in total. The lowest BCUT2D eigenvalue weighted by atomic mass is 10.2. The summed E-state index contributed by atoms with van der Waals surface area (Å²) in [7, 11) is 1.95. The van der Waals surface area contributed by atoms with Crippen molar-refractivity contribution >= 4 is 11.8 Å². The Bertz CT molecular complexity index is 526. The SMILES string of the molecule is CCn1ncnc1CC(CSc1ccc(F)cc1)NC. The summed E-state index contributed by atoms with van der Waals surface area (Å²) in [5.74, 6) is 1.70. The normalized spacial score (nSPS) is 12.6. The number of halogens is 1. The van der Waals surface area contributed by atoms with Gasteiger partial charge in [0, 0.05) is 29.7 Å². The van der Waals surface area contributed by atoms with Gasteiger partial charge in [-0.05, 0) is 38.2 Å². The van der Waals surface area contributed by atoms with Gasteiger partial charge < -0.3 is 5.32 Å². The number of nitrogens with one attached hydrogen (secondary N) is 1. The highest BCUT2D eigenvalue weighted by atomic mass is 32.2. The zero-order chi connectivity index (χ0) is 14.4. The molecule has 1 heterocycles. The van der Waals surface area contributed by atoms with Crippen molar-refractivity contribution in [2.24, 2.45) is 0 Å². The third-order valence-electron chi connectivity index (χ3n) is 3.10. The molecule has 6 heteroatoms. The molecule has 0 saturated carbocycles. The van der Waals surface area contributed by atoms with Gasteiger partial charge in [0.2, 0.25) is 0 Å². The van der Waals surface area contributed by atoms with E-state index < -0.39 is 0 Å². The maximum absolute atomic E-state index is 12.8. The highest BCUT2D eigenvalue weighted by molar-refractivity contribution is 7.99. The van der Waals surface area contributed by atoms with Gasteiger partial charge in [0.15, 0.2) is 0 Å². The maximum atomic E-state index is 12.8. The molecule has 0 saturated heterocycles. The van der Waals surface area contributed by atoms with E-state index in [1.807, 2.05) is 11.7 Å². The Morgan fingerprint density at radius 3 is 2.75 bits per heavy atom. The number of aryl methyl sites for hydroxylation is 1. The highest BCUT2D eigenvalue weighted by Crippen LogP contribution is 2.19. The summed E-state index contributed by atoms with van der Waals surface area (Å²) in [4.78, 5) is 5.37. The van der Waals surface area contributed by atoms with E-state index in [1.54, 1.807) is 30.2 Å². The number of hydrogen-bond donors (Lipinski definition) is 1. The second-order valence-corrected chi connectivity index (χ2v) is 5.54. The molecule has 1 aromatic heterocycles. The lowest BCUT2D eigenvalue weighted by Crippen LogP contribution is -2.31. The summed E-state index contributed by atoms with van der Waals surface area (Å²) >= 11 is 1.71. The molecular formula is C14H19FN4S. The van der Waals surface area contributed by atoms with Gasteiger partial charge in [0.05, 0.1) is 0 Å². The fraction of sp³-hybridized carbons (Fsp3) is 0.429. The number of likely N-dealkylation sites (N-methyl/N-ethyl adjacent to an activating group) is 1. The molecular weight excluding hydrogens is 275 g/mol. The molecule has 4 nitrogen and oxygen atoms in total. The smallest absolute Gasteiger partial charge is 0.138 e. The van der Waals surface area contributed by atoms with Crippen molar-refractivity contribution in [1.82, 2.24) is 20.1 Å². The van der Waals surface area contributed by atoms with Gasteiger partial charge >= 0.3 is 0 Å². The van der Waals surface area contributed by atoms with Crippen molar-refractivity contribution in [3.05, 3.63) is 42.2 Å². The summed E-state index contributed by atoms with van der Waals surface area (Å²) in [5.41, 5.74) is 0. The summed E-state index contributed by atoms with van der Waals surface area (Å²) in [5, 5.41) is 7.48. The van der Waals surface area contributed by atoms with Crippen LogP contribution in [-0.4, -0.2) is 33.6 Å². The van der Waals surface area contributed by atoms with Crippen LogP contribution in [0.4, 0.5) is 4.39 Å². The molecule has 0 amide bonds. The van der Waals surface area contributed by atoms with Crippen molar-refractivity contribution in [2.45, 2.75) is 30.8 Å². The molecule has 20 heavy (non-hydrogen) atoms. The second-order valence-electron chi connectivity index (χ2n) is 4.45. The van der Waals surface area contributed by atoms with Crippen LogP contribution >= 0.6 is 11.8 Å². The Morgan fingerprint density at radius 2 is 2.10 bits per heavy atom. The van der Waals surface area contributed by atoms with E-state index in [1.165, 1.54) is 12.1 Å². The molecule has 1 unspecified atom stereocenters. The number of hydrogen-bond acceptors (Lipinski definition) is 4. The lowest BCUT2D eigenvalue weighted by Gasteiger charge is -2.15. The standard InChI is InChI=1S/C14H19FN4S/c1-3-19-14(17-10-18-19)8-12(16-2)9-20-13-6-4-11(15)5-7-13/h4-7,10,12,16H,3,8-9H2,1-2H3. The molecule has 1 aromatic carbocycles. The first-order valence-electron chi connectivity index (χ1n) is 6.65. The van der Waals surface area contributed by atoms with Crippen LogP contribution in [0.15, 0.2) is 35.5 Å². The first-order chi connectivity index (χ1) is 9.72. The van der Waals surface area contributed by atoms with Crippen molar-refractivity contribution in [3.8, 4) is 0 Å². The van der Waals surface area contributed by atoms with Crippen LogP contribution in [0.1, 0.15) is 12.7 Å². The Morgan fingerprint density at radius 1 is 1.35 bits per heavy atom. The van der Waals surface area contributed by atoms with E-state index in [4.69, 9.17) is 0 Å². The minimum absolute atomic E-state index is 0.199. The largest absolute Gasteiger partial charge is 0.316 e. The monoisotopic (exact) mass is 294 g/mol. The zero-order valence-electron chi connectivity index (χ0n) is 11.7. The Kier molecular flexibility index (Phi) is 5.55. The third-order valence-corrected chi connectivity index (χ3v) is 4.27. The molecule has 0 aliphatic heterocycles. The van der Waals surface area contributed by atoms with Crippen LogP contribution in [0.3, 0.4) is 0 Å². The van der Waals surface area contributed by atoms with Crippen LogP contribution in [0, 0.1) is 5.82 Å². The van der Waals surface area contributed by atoms with Gasteiger partial charge in [-0.2, -0.15) is 5.10 Å². The number of nitrogens with zero attached hydrogens (tertiary/aromatic N) is 3. The van der Waals surface area contributed by atoms with E-state index in [0.29, 0.717) is 6.04 Å². The number of aromatic nitrogens is 3. The molecule has 0 bridgehead atoms. The summed E-state index contributed by atoms with van der Waals surface area (Å²) in [6, 6.07) is 6.90. The topological polar surface area (TPSA) is 42.7 Å². The van der Waals surface area contributed by atoms with Crippen molar-refractivity contribution in [3.63, 3.8) is 0 Å². The van der Waals surface area contributed by atoms with Gasteiger partial charge in [-0.15, -0.1) is 11.8 Å². The molecule has 1 atom stereocenters. The van der Waals surface area contributed by atoms with E-state index in [-0.39, 0.29) is 5.82 Å². The van der Waals surface area contributed by atoms with Crippen LogP contribution < -0.4 is 5.32 Å². The van der Waals surface area contributed by atoms with E-state index in [2.05, 4.69) is 22.3 Å². The predicted octanol–water partition coefficient (Wildman–Crippen LogP) is 2.36. The molecule has 0 fully saturated rings. The quantitative estimate of drug-likeness (QED) is 0.796. The fourth-order valence-electron chi connectivity index (χ4n) is 1.90. The van der Waals surface area contributed by atoms with Crippen molar-refractivity contribution in [1.29, 1.82) is 0 Å². The van der Waals surface area contributed by atoms with Crippen LogP contribution in [0.2, 0.25) is 0 Å². The number of rotatable bonds is 7. The van der Waals surface area contributed by atoms with Gasteiger partial charge in [0.1, 0.15) is 18.0 Å². The molecule has 0 aliphatic rings. The molecule has 0 aliphatic carbocycles. The highest BCUT2D eigenvalue weighted by Gasteiger charge is 2.12.